The molecule has 0 spiro atoms. The van der Waals surface area contributed by atoms with Gasteiger partial charge in [-0.2, -0.15) is 0 Å². The summed E-state index contributed by atoms with van der Waals surface area (Å²) >= 11 is 0. The predicted molar refractivity (Wildman–Crippen MR) is 82.4 cm³/mol. The Balaban J connectivity index is 2.07. The standard InChI is InChI=1S/C18H16N2/c1-13-9-14(2)11-17(10-13)15-5-3-6-16(12-15)18-19-7-4-8-20-18/h3-12H,1-2H3. The fourth-order valence-corrected chi connectivity index (χ4v) is 2.43. The van der Waals surface area contributed by atoms with E-state index in [2.05, 4.69) is 60.2 Å². The lowest BCUT2D eigenvalue weighted by molar-refractivity contribution is 1.18. The molecule has 1 heterocycles. The van der Waals surface area contributed by atoms with Crippen LogP contribution in [-0.4, -0.2) is 9.97 Å². The number of rotatable bonds is 2. The first kappa shape index (κ1) is 12.5. The average Bonchev–Trinajstić information content (AvgIpc) is 2.47. The fourth-order valence-electron chi connectivity index (χ4n) is 2.43. The lowest BCUT2D eigenvalue weighted by Crippen LogP contribution is -1.88. The summed E-state index contributed by atoms with van der Waals surface area (Å²) in [5.41, 5.74) is 6.03. The van der Waals surface area contributed by atoms with Gasteiger partial charge in [-0.1, -0.05) is 47.5 Å². The molecule has 0 atom stereocenters. The normalized spacial score (nSPS) is 10.5. The van der Waals surface area contributed by atoms with Gasteiger partial charge in [-0.05, 0) is 37.1 Å². The third-order valence-electron chi connectivity index (χ3n) is 3.24. The van der Waals surface area contributed by atoms with Crippen LogP contribution in [0.3, 0.4) is 0 Å². The molecule has 3 aromatic rings. The van der Waals surface area contributed by atoms with Crippen molar-refractivity contribution in [1.29, 1.82) is 0 Å². The van der Waals surface area contributed by atoms with Gasteiger partial charge in [0.25, 0.3) is 0 Å². The predicted octanol–water partition coefficient (Wildman–Crippen LogP) is 4.43. The molecule has 2 nitrogen and oxygen atoms in total. The molecule has 0 unspecified atom stereocenters. The van der Waals surface area contributed by atoms with Gasteiger partial charge in [0.2, 0.25) is 0 Å². The quantitative estimate of drug-likeness (QED) is 0.681. The summed E-state index contributed by atoms with van der Waals surface area (Å²) in [5.74, 6) is 0.763. The molecule has 2 aromatic carbocycles. The van der Waals surface area contributed by atoms with Crippen molar-refractivity contribution in [1.82, 2.24) is 9.97 Å². The van der Waals surface area contributed by atoms with Crippen molar-refractivity contribution < 1.29 is 0 Å². The van der Waals surface area contributed by atoms with Gasteiger partial charge in [0, 0.05) is 18.0 Å². The summed E-state index contributed by atoms with van der Waals surface area (Å²) in [6.07, 6.45) is 3.54. The van der Waals surface area contributed by atoms with Gasteiger partial charge in [-0.3, -0.25) is 0 Å². The van der Waals surface area contributed by atoms with Gasteiger partial charge in [0.15, 0.2) is 5.82 Å². The van der Waals surface area contributed by atoms with Gasteiger partial charge < -0.3 is 0 Å². The molecule has 0 radical (unpaired) electrons. The van der Waals surface area contributed by atoms with Gasteiger partial charge >= 0.3 is 0 Å². The maximum absolute atomic E-state index is 4.31. The van der Waals surface area contributed by atoms with Crippen LogP contribution in [0.15, 0.2) is 60.9 Å². The second-order valence-electron chi connectivity index (χ2n) is 5.03. The average molecular weight is 260 g/mol. The Hall–Kier alpha value is -2.48. The monoisotopic (exact) mass is 260 g/mol. The van der Waals surface area contributed by atoms with Crippen molar-refractivity contribution in [2.45, 2.75) is 13.8 Å². The van der Waals surface area contributed by atoms with E-state index in [-0.39, 0.29) is 0 Å². The summed E-state index contributed by atoms with van der Waals surface area (Å²) in [6, 6.07) is 16.8. The molecule has 0 amide bonds. The highest BCUT2D eigenvalue weighted by molar-refractivity contribution is 5.71. The summed E-state index contributed by atoms with van der Waals surface area (Å²) < 4.78 is 0. The summed E-state index contributed by atoms with van der Waals surface area (Å²) in [7, 11) is 0. The lowest BCUT2D eigenvalue weighted by atomic mass is 9.99. The summed E-state index contributed by atoms with van der Waals surface area (Å²) in [6.45, 7) is 4.25. The maximum Gasteiger partial charge on any atom is 0.159 e. The molecule has 2 heteroatoms. The van der Waals surface area contributed by atoms with Crippen LogP contribution in [0.2, 0.25) is 0 Å². The van der Waals surface area contributed by atoms with Crippen LogP contribution in [0.1, 0.15) is 11.1 Å². The SMILES string of the molecule is Cc1cc(C)cc(-c2cccc(-c3ncccn3)c2)c1. The van der Waals surface area contributed by atoms with E-state index in [4.69, 9.17) is 0 Å². The van der Waals surface area contributed by atoms with Crippen molar-refractivity contribution >= 4 is 0 Å². The van der Waals surface area contributed by atoms with Gasteiger partial charge in [-0.25, -0.2) is 9.97 Å². The van der Waals surface area contributed by atoms with E-state index in [1.54, 1.807) is 12.4 Å². The molecule has 0 aliphatic carbocycles. The van der Waals surface area contributed by atoms with E-state index in [9.17, 15) is 0 Å². The van der Waals surface area contributed by atoms with Gasteiger partial charge in [0.1, 0.15) is 0 Å². The minimum Gasteiger partial charge on any atom is -0.237 e. The Morgan fingerprint density at radius 2 is 1.30 bits per heavy atom. The fraction of sp³-hybridized carbons (Fsp3) is 0.111. The molecule has 0 aliphatic heterocycles. The van der Waals surface area contributed by atoms with Crippen molar-refractivity contribution in [3.05, 3.63) is 72.1 Å². The molecule has 98 valence electrons. The van der Waals surface area contributed by atoms with Gasteiger partial charge in [0.05, 0.1) is 0 Å². The Morgan fingerprint density at radius 3 is 2.00 bits per heavy atom. The van der Waals surface area contributed by atoms with Crippen LogP contribution in [0.25, 0.3) is 22.5 Å². The van der Waals surface area contributed by atoms with E-state index in [0.29, 0.717) is 0 Å². The highest BCUT2D eigenvalue weighted by Gasteiger charge is 2.04. The van der Waals surface area contributed by atoms with Crippen LogP contribution < -0.4 is 0 Å². The second kappa shape index (κ2) is 5.25. The lowest BCUT2D eigenvalue weighted by Gasteiger charge is -2.07. The van der Waals surface area contributed by atoms with Crippen LogP contribution in [0.5, 0.6) is 0 Å². The summed E-state index contributed by atoms with van der Waals surface area (Å²) in [4.78, 5) is 8.62. The Labute approximate surface area is 119 Å². The number of aryl methyl sites for hydroxylation is 2. The first-order chi connectivity index (χ1) is 9.72. The number of benzene rings is 2. The second-order valence-corrected chi connectivity index (χ2v) is 5.03. The van der Waals surface area contributed by atoms with Crippen LogP contribution in [-0.2, 0) is 0 Å². The van der Waals surface area contributed by atoms with Crippen LogP contribution >= 0.6 is 0 Å². The minimum absolute atomic E-state index is 0.763. The molecule has 0 saturated heterocycles. The van der Waals surface area contributed by atoms with E-state index in [1.807, 2.05) is 12.1 Å². The highest BCUT2D eigenvalue weighted by Crippen LogP contribution is 2.26. The molecule has 0 saturated carbocycles. The molecule has 3 rings (SSSR count). The largest absolute Gasteiger partial charge is 0.237 e. The number of aromatic nitrogens is 2. The molecular weight excluding hydrogens is 244 g/mol. The Morgan fingerprint density at radius 1 is 0.650 bits per heavy atom. The van der Waals surface area contributed by atoms with Gasteiger partial charge in [-0.15, -0.1) is 0 Å². The molecule has 0 fully saturated rings. The van der Waals surface area contributed by atoms with E-state index in [1.165, 1.54) is 22.3 Å². The highest BCUT2D eigenvalue weighted by atomic mass is 14.8. The molecule has 1 aromatic heterocycles. The molecule has 0 aliphatic rings. The number of hydrogen-bond acceptors (Lipinski definition) is 2. The Bertz CT molecular complexity index is 713. The number of nitrogens with zero attached hydrogens (tertiary/aromatic N) is 2. The summed E-state index contributed by atoms with van der Waals surface area (Å²) in [5, 5.41) is 0. The zero-order chi connectivity index (χ0) is 13.9. The molecule has 20 heavy (non-hydrogen) atoms. The first-order valence-electron chi connectivity index (χ1n) is 6.68. The maximum atomic E-state index is 4.31. The minimum atomic E-state index is 0.763. The molecular formula is C18H16N2. The third-order valence-corrected chi connectivity index (χ3v) is 3.24. The topological polar surface area (TPSA) is 25.8 Å². The van der Waals surface area contributed by atoms with Crippen molar-refractivity contribution in [2.24, 2.45) is 0 Å². The smallest absolute Gasteiger partial charge is 0.159 e. The number of hydrogen-bond donors (Lipinski definition) is 0. The Kier molecular flexibility index (Phi) is 3.30. The van der Waals surface area contributed by atoms with E-state index >= 15 is 0 Å². The molecule has 0 N–H and O–H groups in total. The van der Waals surface area contributed by atoms with Crippen molar-refractivity contribution in [3.8, 4) is 22.5 Å². The molecule has 0 bridgehead atoms. The van der Waals surface area contributed by atoms with Crippen LogP contribution in [0, 0.1) is 13.8 Å². The van der Waals surface area contributed by atoms with E-state index < -0.39 is 0 Å². The van der Waals surface area contributed by atoms with Crippen molar-refractivity contribution in [2.75, 3.05) is 0 Å². The van der Waals surface area contributed by atoms with Crippen LogP contribution in [0.4, 0.5) is 0 Å². The zero-order valence-corrected chi connectivity index (χ0v) is 11.7. The van der Waals surface area contributed by atoms with E-state index in [0.717, 1.165) is 11.4 Å². The van der Waals surface area contributed by atoms with Crippen molar-refractivity contribution in [3.63, 3.8) is 0 Å². The third kappa shape index (κ3) is 2.59. The zero-order valence-electron chi connectivity index (χ0n) is 11.7. The first-order valence-corrected chi connectivity index (χ1v) is 6.68.